The van der Waals surface area contributed by atoms with Crippen molar-refractivity contribution in [2.45, 2.75) is 18.7 Å². The summed E-state index contributed by atoms with van der Waals surface area (Å²) in [6, 6.07) is 7.02. The third kappa shape index (κ3) is 2.52. The maximum atomic E-state index is 12.5. The van der Waals surface area contributed by atoms with Crippen LogP contribution in [0.3, 0.4) is 0 Å². The van der Waals surface area contributed by atoms with E-state index >= 15 is 0 Å². The van der Waals surface area contributed by atoms with E-state index in [1.165, 1.54) is 11.4 Å². The van der Waals surface area contributed by atoms with Gasteiger partial charge in [-0.15, -0.1) is 0 Å². The van der Waals surface area contributed by atoms with Crippen molar-refractivity contribution in [3.05, 3.63) is 40.2 Å². The summed E-state index contributed by atoms with van der Waals surface area (Å²) in [7, 11) is -2.16. The van der Waals surface area contributed by atoms with E-state index < -0.39 is 10.0 Å². The second-order valence-electron chi connectivity index (χ2n) is 4.10. The molecule has 19 heavy (non-hydrogen) atoms. The first-order chi connectivity index (χ1) is 8.84. The molecule has 0 saturated heterocycles. The number of nitrogens with zero attached hydrogens (tertiary/aromatic N) is 2. The Morgan fingerprint density at radius 3 is 2.26 bits per heavy atom. The summed E-state index contributed by atoms with van der Waals surface area (Å²) < 4.78 is 32.1. The number of benzene rings is 1. The summed E-state index contributed by atoms with van der Waals surface area (Å²) in [5.41, 5.74) is 0.935. The molecular weight excluding hydrogens is 332 g/mol. The number of hydrogen-bond donors (Lipinski definition) is 0. The Bertz CT molecular complexity index is 673. The smallest absolute Gasteiger partial charge is 0.269 e. The molecule has 0 atom stereocenters. The van der Waals surface area contributed by atoms with Crippen LogP contribution >= 0.6 is 15.9 Å². The zero-order chi connectivity index (χ0) is 14.2. The molecule has 1 aromatic carbocycles. The van der Waals surface area contributed by atoms with Crippen LogP contribution in [-0.4, -0.2) is 20.6 Å². The quantitative estimate of drug-likeness (QED) is 0.858. The Balaban J connectivity index is 2.48. The van der Waals surface area contributed by atoms with Crippen LogP contribution in [0.15, 0.2) is 38.2 Å². The van der Waals surface area contributed by atoms with E-state index in [1.807, 2.05) is 0 Å². The molecule has 0 radical (unpaired) electrons. The zero-order valence-electron chi connectivity index (χ0n) is 10.7. The molecule has 0 amide bonds. The molecule has 0 unspecified atom stereocenters. The molecule has 102 valence electrons. The van der Waals surface area contributed by atoms with Crippen LogP contribution < -0.4 is 4.31 Å². The van der Waals surface area contributed by atoms with Gasteiger partial charge in [-0.1, -0.05) is 21.1 Å². The molecule has 0 aliphatic heterocycles. The lowest BCUT2D eigenvalue weighted by molar-refractivity contribution is 0.390. The van der Waals surface area contributed by atoms with E-state index in [-0.39, 0.29) is 4.90 Å². The third-order valence-electron chi connectivity index (χ3n) is 2.78. The van der Waals surface area contributed by atoms with E-state index in [1.54, 1.807) is 38.1 Å². The largest absolute Gasteiger partial charge is 0.360 e. The number of sulfonamides is 1. The standard InChI is InChI=1S/C12H13BrN2O3S/c1-8-12(9(2)18-14-8)19(16,17)15(3)11-6-4-10(13)5-7-11/h4-7H,1-3H3. The first kappa shape index (κ1) is 14.1. The highest BCUT2D eigenvalue weighted by Crippen LogP contribution is 2.27. The predicted octanol–water partition coefficient (Wildman–Crippen LogP) is 2.88. The molecule has 5 nitrogen and oxygen atoms in total. The predicted molar refractivity (Wildman–Crippen MR) is 75.7 cm³/mol. The minimum Gasteiger partial charge on any atom is -0.360 e. The lowest BCUT2D eigenvalue weighted by atomic mass is 10.3. The van der Waals surface area contributed by atoms with Gasteiger partial charge in [-0.25, -0.2) is 8.42 Å². The summed E-state index contributed by atoms with van der Waals surface area (Å²) in [5, 5.41) is 3.68. The molecule has 0 N–H and O–H groups in total. The van der Waals surface area contributed by atoms with Gasteiger partial charge in [0.2, 0.25) is 0 Å². The third-order valence-corrected chi connectivity index (χ3v) is 5.34. The van der Waals surface area contributed by atoms with E-state index in [2.05, 4.69) is 21.1 Å². The van der Waals surface area contributed by atoms with Crippen molar-refractivity contribution < 1.29 is 12.9 Å². The average Bonchev–Trinajstić information content (AvgIpc) is 2.69. The molecule has 7 heteroatoms. The van der Waals surface area contributed by atoms with Gasteiger partial charge in [0.1, 0.15) is 5.69 Å². The fourth-order valence-electron chi connectivity index (χ4n) is 1.77. The first-order valence-electron chi connectivity index (χ1n) is 5.51. The van der Waals surface area contributed by atoms with E-state index in [0.717, 1.165) is 4.47 Å². The van der Waals surface area contributed by atoms with Crippen molar-refractivity contribution in [1.82, 2.24) is 5.16 Å². The molecule has 0 bridgehead atoms. The van der Waals surface area contributed by atoms with Crippen molar-refractivity contribution in [3.63, 3.8) is 0 Å². The van der Waals surface area contributed by atoms with Gasteiger partial charge in [0.25, 0.3) is 10.0 Å². The van der Waals surface area contributed by atoms with Gasteiger partial charge in [0.05, 0.1) is 5.69 Å². The molecular formula is C12H13BrN2O3S. The van der Waals surface area contributed by atoms with Crippen LogP contribution in [0.4, 0.5) is 5.69 Å². The molecule has 2 rings (SSSR count). The minimum atomic E-state index is -3.66. The van der Waals surface area contributed by atoms with Crippen molar-refractivity contribution in [3.8, 4) is 0 Å². The van der Waals surface area contributed by atoms with Crippen LogP contribution in [0.5, 0.6) is 0 Å². The van der Waals surface area contributed by atoms with Crippen molar-refractivity contribution in [2.75, 3.05) is 11.4 Å². The fourth-order valence-corrected chi connectivity index (χ4v) is 3.52. The zero-order valence-corrected chi connectivity index (χ0v) is 13.1. The summed E-state index contributed by atoms with van der Waals surface area (Å²) in [5.74, 6) is 0.293. The second-order valence-corrected chi connectivity index (χ2v) is 6.92. The first-order valence-corrected chi connectivity index (χ1v) is 7.74. The van der Waals surface area contributed by atoms with E-state index in [4.69, 9.17) is 4.52 Å². The van der Waals surface area contributed by atoms with Gasteiger partial charge in [-0.3, -0.25) is 4.31 Å². The number of anilines is 1. The fraction of sp³-hybridized carbons (Fsp3) is 0.250. The lowest BCUT2D eigenvalue weighted by Gasteiger charge is -2.19. The number of rotatable bonds is 3. The Kier molecular flexibility index (Phi) is 3.69. The van der Waals surface area contributed by atoms with Gasteiger partial charge < -0.3 is 4.52 Å². The van der Waals surface area contributed by atoms with Crippen molar-refractivity contribution in [2.24, 2.45) is 0 Å². The van der Waals surface area contributed by atoms with E-state index in [9.17, 15) is 8.42 Å². The van der Waals surface area contributed by atoms with Gasteiger partial charge >= 0.3 is 0 Å². The molecule has 0 spiro atoms. The minimum absolute atomic E-state index is 0.123. The lowest BCUT2D eigenvalue weighted by Crippen LogP contribution is -2.27. The highest BCUT2D eigenvalue weighted by atomic mass is 79.9. The summed E-state index contributed by atoms with van der Waals surface area (Å²) in [6.07, 6.45) is 0. The number of halogens is 1. The average molecular weight is 345 g/mol. The Morgan fingerprint density at radius 2 is 1.79 bits per heavy atom. The van der Waals surface area contributed by atoms with Crippen LogP contribution in [0.2, 0.25) is 0 Å². The van der Waals surface area contributed by atoms with Gasteiger partial charge in [0.15, 0.2) is 10.7 Å². The SMILES string of the molecule is Cc1noc(C)c1S(=O)(=O)N(C)c1ccc(Br)cc1. The van der Waals surface area contributed by atoms with Gasteiger partial charge in [0, 0.05) is 11.5 Å². The van der Waals surface area contributed by atoms with Crippen LogP contribution in [0.1, 0.15) is 11.5 Å². The summed E-state index contributed by atoms with van der Waals surface area (Å²) in [6.45, 7) is 3.20. The molecule has 0 saturated carbocycles. The molecule has 1 heterocycles. The molecule has 0 fully saturated rings. The Labute approximate surface area is 120 Å². The van der Waals surface area contributed by atoms with Crippen LogP contribution in [-0.2, 0) is 10.0 Å². The van der Waals surface area contributed by atoms with Crippen molar-refractivity contribution >= 4 is 31.6 Å². The van der Waals surface area contributed by atoms with Crippen molar-refractivity contribution in [1.29, 1.82) is 0 Å². The summed E-state index contributed by atoms with van der Waals surface area (Å²) in [4.78, 5) is 0.123. The topological polar surface area (TPSA) is 63.4 Å². The molecule has 0 aliphatic rings. The van der Waals surface area contributed by atoms with Gasteiger partial charge in [-0.2, -0.15) is 0 Å². The second kappa shape index (κ2) is 4.97. The van der Waals surface area contributed by atoms with E-state index in [0.29, 0.717) is 17.1 Å². The monoisotopic (exact) mass is 344 g/mol. The molecule has 2 aromatic rings. The maximum absolute atomic E-state index is 12.5. The Hall–Kier alpha value is -1.34. The maximum Gasteiger partial charge on any atom is 0.269 e. The van der Waals surface area contributed by atoms with Gasteiger partial charge in [-0.05, 0) is 38.1 Å². The normalized spacial score (nSPS) is 11.6. The van der Waals surface area contributed by atoms with Crippen LogP contribution in [0.25, 0.3) is 0 Å². The molecule has 0 aliphatic carbocycles. The highest BCUT2D eigenvalue weighted by molar-refractivity contribution is 9.10. The molecule has 1 aromatic heterocycles. The number of aryl methyl sites for hydroxylation is 2. The highest BCUT2D eigenvalue weighted by Gasteiger charge is 2.28. The summed E-state index contributed by atoms with van der Waals surface area (Å²) >= 11 is 3.31. The Morgan fingerprint density at radius 1 is 1.21 bits per heavy atom. The number of hydrogen-bond acceptors (Lipinski definition) is 4. The number of aromatic nitrogens is 1. The van der Waals surface area contributed by atoms with Crippen LogP contribution in [0, 0.1) is 13.8 Å².